The molecule has 0 bridgehead atoms. The van der Waals surface area contributed by atoms with E-state index in [9.17, 15) is 4.79 Å². The minimum absolute atomic E-state index is 0.0972. The lowest BCUT2D eigenvalue weighted by Gasteiger charge is -2.06. The van der Waals surface area contributed by atoms with E-state index in [4.69, 9.17) is 14.2 Å². The van der Waals surface area contributed by atoms with Crippen LogP contribution in [-0.4, -0.2) is 39.5 Å². The summed E-state index contributed by atoms with van der Waals surface area (Å²) in [6.45, 7) is 4.20. The number of hydrogen-bond acceptors (Lipinski definition) is 4. The van der Waals surface area contributed by atoms with Crippen molar-refractivity contribution in [2.24, 2.45) is 0 Å². The lowest BCUT2D eigenvalue weighted by molar-refractivity contribution is -0.145. The highest BCUT2D eigenvalue weighted by Crippen LogP contribution is 2.13. The highest BCUT2D eigenvalue weighted by molar-refractivity contribution is 5.69. The summed E-state index contributed by atoms with van der Waals surface area (Å²) in [5.41, 5.74) is 0. The van der Waals surface area contributed by atoms with Crippen LogP contribution >= 0.6 is 0 Å². The first-order valence-corrected chi connectivity index (χ1v) is 11.5. The molecular formula is C23H46O4. The van der Waals surface area contributed by atoms with Crippen molar-refractivity contribution >= 4 is 5.97 Å². The third-order valence-corrected chi connectivity index (χ3v) is 4.91. The van der Waals surface area contributed by atoms with E-state index in [1.807, 2.05) is 0 Å². The van der Waals surface area contributed by atoms with Crippen LogP contribution < -0.4 is 0 Å². The van der Waals surface area contributed by atoms with Gasteiger partial charge in [-0.2, -0.15) is 0 Å². The number of carbonyl (C=O) groups excluding carboxylic acids is 1. The molecule has 4 nitrogen and oxygen atoms in total. The van der Waals surface area contributed by atoms with Crippen LogP contribution in [0.4, 0.5) is 0 Å². The monoisotopic (exact) mass is 386 g/mol. The summed E-state index contributed by atoms with van der Waals surface area (Å²) >= 11 is 0. The third kappa shape index (κ3) is 23.4. The molecule has 27 heavy (non-hydrogen) atoms. The van der Waals surface area contributed by atoms with E-state index in [0.29, 0.717) is 32.8 Å². The molecule has 0 amide bonds. The molecule has 0 unspecified atom stereocenters. The van der Waals surface area contributed by atoms with Crippen molar-refractivity contribution in [1.29, 1.82) is 0 Å². The first kappa shape index (κ1) is 26.4. The van der Waals surface area contributed by atoms with Crippen molar-refractivity contribution in [2.75, 3.05) is 33.5 Å². The Labute approximate surface area is 168 Å². The van der Waals surface area contributed by atoms with Crippen LogP contribution in [0.5, 0.6) is 0 Å². The van der Waals surface area contributed by atoms with Gasteiger partial charge in [-0.15, -0.1) is 0 Å². The van der Waals surface area contributed by atoms with Crippen LogP contribution in [0, 0.1) is 0 Å². The maximum Gasteiger partial charge on any atom is 0.305 e. The first-order valence-electron chi connectivity index (χ1n) is 11.5. The van der Waals surface area contributed by atoms with Crippen molar-refractivity contribution < 1.29 is 19.0 Å². The van der Waals surface area contributed by atoms with Gasteiger partial charge < -0.3 is 14.2 Å². The van der Waals surface area contributed by atoms with Gasteiger partial charge in [0.25, 0.3) is 0 Å². The van der Waals surface area contributed by atoms with E-state index in [-0.39, 0.29) is 5.97 Å². The second-order valence-electron chi connectivity index (χ2n) is 7.53. The highest BCUT2D eigenvalue weighted by Gasteiger charge is 2.02. The van der Waals surface area contributed by atoms with Gasteiger partial charge in [-0.05, 0) is 6.42 Å². The number of carbonyl (C=O) groups is 1. The Morgan fingerprint density at radius 2 is 1.04 bits per heavy atom. The van der Waals surface area contributed by atoms with Crippen molar-refractivity contribution in [1.82, 2.24) is 0 Å². The molecule has 0 saturated heterocycles. The summed E-state index contributed by atoms with van der Waals surface area (Å²) in [6, 6.07) is 0. The molecular weight excluding hydrogens is 340 g/mol. The molecule has 0 aliphatic heterocycles. The van der Waals surface area contributed by atoms with Crippen LogP contribution in [-0.2, 0) is 19.0 Å². The Morgan fingerprint density at radius 3 is 1.52 bits per heavy atom. The molecule has 0 spiro atoms. The van der Waals surface area contributed by atoms with E-state index in [0.717, 1.165) is 12.8 Å². The lowest BCUT2D eigenvalue weighted by atomic mass is 10.0. The molecule has 0 fully saturated rings. The van der Waals surface area contributed by atoms with E-state index in [2.05, 4.69) is 6.92 Å². The van der Waals surface area contributed by atoms with E-state index in [1.54, 1.807) is 7.11 Å². The zero-order valence-electron chi connectivity index (χ0n) is 18.3. The minimum atomic E-state index is -0.0972. The zero-order valence-corrected chi connectivity index (χ0v) is 18.3. The zero-order chi connectivity index (χ0) is 19.8. The molecule has 0 rings (SSSR count). The van der Waals surface area contributed by atoms with Crippen LogP contribution in [0.3, 0.4) is 0 Å². The summed E-state index contributed by atoms with van der Waals surface area (Å²) in [7, 11) is 1.64. The maximum atomic E-state index is 11.6. The molecule has 0 aromatic heterocycles. The molecule has 162 valence electrons. The molecule has 0 aromatic rings. The Bertz CT molecular complexity index is 294. The van der Waals surface area contributed by atoms with Gasteiger partial charge in [0.15, 0.2) is 0 Å². The molecule has 0 aromatic carbocycles. The van der Waals surface area contributed by atoms with Gasteiger partial charge in [-0.25, -0.2) is 0 Å². The molecule has 0 N–H and O–H groups in total. The normalized spacial score (nSPS) is 11.0. The fourth-order valence-electron chi connectivity index (χ4n) is 3.17. The standard InChI is InChI=1S/C23H46O4/c1-3-4-5-6-7-8-9-10-11-12-13-14-15-16-17-18-23(24)27-22-21-26-20-19-25-2/h3-22H2,1-2H3. The van der Waals surface area contributed by atoms with Crippen LogP contribution in [0.25, 0.3) is 0 Å². The van der Waals surface area contributed by atoms with Crippen molar-refractivity contribution in [2.45, 2.75) is 110 Å². The lowest BCUT2D eigenvalue weighted by Crippen LogP contribution is -2.12. The molecule has 0 saturated carbocycles. The Morgan fingerprint density at radius 1 is 0.593 bits per heavy atom. The van der Waals surface area contributed by atoms with Crippen molar-refractivity contribution in [3.8, 4) is 0 Å². The summed E-state index contributed by atoms with van der Waals surface area (Å²) in [5.74, 6) is -0.0972. The van der Waals surface area contributed by atoms with Gasteiger partial charge in [0, 0.05) is 13.5 Å². The summed E-state index contributed by atoms with van der Waals surface area (Å²) in [4.78, 5) is 11.6. The second kappa shape index (κ2) is 23.4. The fraction of sp³-hybridized carbons (Fsp3) is 0.957. The third-order valence-electron chi connectivity index (χ3n) is 4.91. The van der Waals surface area contributed by atoms with E-state index < -0.39 is 0 Å². The molecule has 0 atom stereocenters. The SMILES string of the molecule is CCCCCCCCCCCCCCCCCC(=O)OCCOCCOC. The first-order chi connectivity index (χ1) is 13.3. The van der Waals surface area contributed by atoms with Gasteiger partial charge in [-0.1, -0.05) is 96.8 Å². The molecule has 0 heterocycles. The largest absolute Gasteiger partial charge is 0.463 e. The minimum Gasteiger partial charge on any atom is -0.463 e. The van der Waals surface area contributed by atoms with Crippen LogP contribution in [0.1, 0.15) is 110 Å². The number of methoxy groups -OCH3 is 1. The molecule has 0 radical (unpaired) electrons. The highest BCUT2D eigenvalue weighted by atomic mass is 16.6. The topological polar surface area (TPSA) is 44.8 Å². The Balaban J connectivity index is 3.10. The predicted octanol–water partition coefficient (Wildman–Crippen LogP) is 6.45. The van der Waals surface area contributed by atoms with Crippen molar-refractivity contribution in [3.05, 3.63) is 0 Å². The van der Waals surface area contributed by atoms with Gasteiger partial charge in [-0.3, -0.25) is 4.79 Å². The molecule has 0 aliphatic carbocycles. The number of esters is 1. The van der Waals surface area contributed by atoms with Gasteiger partial charge in [0.1, 0.15) is 6.61 Å². The summed E-state index contributed by atoms with van der Waals surface area (Å²) in [6.07, 6.45) is 20.6. The van der Waals surface area contributed by atoms with Gasteiger partial charge >= 0.3 is 5.97 Å². The smallest absolute Gasteiger partial charge is 0.305 e. The maximum absolute atomic E-state index is 11.6. The fourth-order valence-corrected chi connectivity index (χ4v) is 3.17. The van der Waals surface area contributed by atoms with Crippen LogP contribution in [0.2, 0.25) is 0 Å². The van der Waals surface area contributed by atoms with Gasteiger partial charge in [0.05, 0.1) is 19.8 Å². The summed E-state index contributed by atoms with van der Waals surface area (Å²) < 4.78 is 15.3. The number of rotatable bonds is 22. The number of hydrogen-bond donors (Lipinski definition) is 0. The average Bonchev–Trinajstić information content (AvgIpc) is 2.67. The number of ether oxygens (including phenoxy) is 3. The molecule has 4 heteroatoms. The van der Waals surface area contributed by atoms with Crippen molar-refractivity contribution in [3.63, 3.8) is 0 Å². The second-order valence-corrected chi connectivity index (χ2v) is 7.53. The number of unbranched alkanes of at least 4 members (excludes halogenated alkanes) is 14. The predicted molar refractivity (Wildman–Crippen MR) is 113 cm³/mol. The Kier molecular flexibility index (Phi) is 22.9. The summed E-state index contributed by atoms with van der Waals surface area (Å²) in [5, 5.41) is 0. The average molecular weight is 387 g/mol. The molecule has 0 aliphatic rings. The van der Waals surface area contributed by atoms with Crippen LogP contribution in [0.15, 0.2) is 0 Å². The van der Waals surface area contributed by atoms with E-state index >= 15 is 0 Å². The van der Waals surface area contributed by atoms with E-state index in [1.165, 1.54) is 83.5 Å². The van der Waals surface area contributed by atoms with Gasteiger partial charge in [0.2, 0.25) is 0 Å². The quantitative estimate of drug-likeness (QED) is 0.158. The Hall–Kier alpha value is -0.610.